The third-order valence-electron chi connectivity index (χ3n) is 3.10. The van der Waals surface area contributed by atoms with Crippen LogP contribution in [-0.4, -0.2) is 5.91 Å². The van der Waals surface area contributed by atoms with Crippen molar-refractivity contribution in [2.75, 3.05) is 5.32 Å². The predicted molar refractivity (Wildman–Crippen MR) is 77.9 cm³/mol. The van der Waals surface area contributed by atoms with Crippen LogP contribution in [0.3, 0.4) is 0 Å². The minimum absolute atomic E-state index is 0.151. The Bertz CT molecular complexity index is 623. The van der Waals surface area contributed by atoms with Gasteiger partial charge in [-0.3, -0.25) is 4.79 Å². The number of halogens is 1. The Morgan fingerprint density at radius 1 is 1.10 bits per heavy atom. The molecule has 0 heterocycles. The molecular formula is C16H17FN2O. The van der Waals surface area contributed by atoms with E-state index < -0.39 is 17.8 Å². The standard InChI is InChI=1S/C16H17FN2O/c1-10-3-6-12(7-4-10)15(18)16(20)19-14-9-11(2)5-8-13(14)17/h3-9,15H,18H2,1-2H3,(H,19,20). The summed E-state index contributed by atoms with van der Waals surface area (Å²) < 4.78 is 13.6. The van der Waals surface area contributed by atoms with Crippen LogP contribution in [0.1, 0.15) is 22.7 Å². The van der Waals surface area contributed by atoms with Crippen molar-refractivity contribution in [1.29, 1.82) is 0 Å². The molecular weight excluding hydrogens is 255 g/mol. The van der Waals surface area contributed by atoms with Crippen LogP contribution >= 0.6 is 0 Å². The fourth-order valence-corrected chi connectivity index (χ4v) is 1.87. The molecule has 0 aromatic heterocycles. The number of aryl methyl sites for hydroxylation is 2. The minimum atomic E-state index is -0.824. The van der Waals surface area contributed by atoms with Crippen molar-refractivity contribution in [2.45, 2.75) is 19.9 Å². The number of hydrogen-bond donors (Lipinski definition) is 2. The number of rotatable bonds is 3. The molecule has 2 aromatic carbocycles. The largest absolute Gasteiger partial charge is 0.322 e. The Morgan fingerprint density at radius 3 is 2.35 bits per heavy atom. The summed E-state index contributed by atoms with van der Waals surface area (Å²) in [4.78, 5) is 12.1. The first-order chi connectivity index (χ1) is 9.47. The highest BCUT2D eigenvalue weighted by molar-refractivity contribution is 5.95. The van der Waals surface area contributed by atoms with Crippen molar-refractivity contribution in [2.24, 2.45) is 5.73 Å². The Balaban J connectivity index is 2.15. The molecule has 0 aliphatic heterocycles. The van der Waals surface area contributed by atoms with Crippen LogP contribution in [0, 0.1) is 19.7 Å². The zero-order valence-corrected chi connectivity index (χ0v) is 11.5. The van der Waals surface area contributed by atoms with Crippen molar-refractivity contribution < 1.29 is 9.18 Å². The van der Waals surface area contributed by atoms with E-state index in [-0.39, 0.29) is 5.69 Å². The number of benzene rings is 2. The first kappa shape index (κ1) is 14.2. The lowest BCUT2D eigenvalue weighted by Gasteiger charge is -2.13. The van der Waals surface area contributed by atoms with E-state index in [1.54, 1.807) is 24.3 Å². The lowest BCUT2D eigenvalue weighted by atomic mass is 10.1. The van der Waals surface area contributed by atoms with E-state index >= 15 is 0 Å². The topological polar surface area (TPSA) is 55.1 Å². The maximum absolute atomic E-state index is 13.6. The lowest BCUT2D eigenvalue weighted by molar-refractivity contribution is -0.117. The van der Waals surface area contributed by atoms with Crippen LogP contribution in [0.25, 0.3) is 0 Å². The van der Waals surface area contributed by atoms with Crippen LogP contribution < -0.4 is 11.1 Å². The SMILES string of the molecule is Cc1ccc(C(N)C(=O)Nc2cc(C)ccc2F)cc1. The van der Waals surface area contributed by atoms with E-state index in [2.05, 4.69) is 5.32 Å². The molecule has 20 heavy (non-hydrogen) atoms. The maximum atomic E-state index is 13.6. The van der Waals surface area contributed by atoms with Crippen molar-refractivity contribution in [1.82, 2.24) is 0 Å². The van der Waals surface area contributed by atoms with E-state index in [0.29, 0.717) is 5.56 Å². The predicted octanol–water partition coefficient (Wildman–Crippen LogP) is 3.08. The second-order valence-corrected chi connectivity index (χ2v) is 4.86. The molecule has 4 heteroatoms. The first-order valence-corrected chi connectivity index (χ1v) is 6.36. The molecule has 3 N–H and O–H groups in total. The van der Waals surface area contributed by atoms with Crippen LogP contribution in [0.5, 0.6) is 0 Å². The number of nitrogens with one attached hydrogen (secondary N) is 1. The molecule has 1 amide bonds. The molecule has 104 valence electrons. The third kappa shape index (κ3) is 3.22. The van der Waals surface area contributed by atoms with Gasteiger partial charge in [0, 0.05) is 0 Å². The van der Waals surface area contributed by atoms with Crippen LogP contribution in [-0.2, 0) is 4.79 Å². The summed E-state index contributed by atoms with van der Waals surface area (Å²) in [5.74, 6) is -0.904. The molecule has 0 spiro atoms. The third-order valence-corrected chi connectivity index (χ3v) is 3.10. The van der Waals surface area contributed by atoms with Gasteiger partial charge in [-0.2, -0.15) is 0 Å². The number of hydrogen-bond acceptors (Lipinski definition) is 2. The first-order valence-electron chi connectivity index (χ1n) is 6.36. The maximum Gasteiger partial charge on any atom is 0.245 e. The Morgan fingerprint density at radius 2 is 1.70 bits per heavy atom. The van der Waals surface area contributed by atoms with Gasteiger partial charge in [-0.1, -0.05) is 35.9 Å². The van der Waals surface area contributed by atoms with E-state index in [0.717, 1.165) is 11.1 Å². The molecule has 0 saturated heterocycles. The summed E-state index contributed by atoms with van der Waals surface area (Å²) >= 11 is 0. The quantitative estimate of drug-likeness (QED) is 0.902. The number of carbonyl (C=O) groups is 1. The van der Waals surface area contributed by atoms with E-state index in [1.807, 2.05) is 26.0 Å². The average molecular weight is 272 g/mol. The van der Waals surface area contributed by atoms with E-state index in [4.69, 9.17) is 5.73 Å². The number of nitrogens with two attached hydrogens (primary N) is 1. The number of amides is 1. The molecule has 0 aliphatic carbocycles. The summed E-state index contributed by atoms with van der Waals surface area (Å²) in [6.45, 7) is 3.78. The van der Waals surface area contributed by atoms with Gasteiger partial charge in [-0.05, 0) is 37.1 Å². The van der Waals surface area contributed by atoms with E-state index in [9.17, 15) is 9.18 Å². The molecule has 0 radical (unpaired) electrons. The van der Waals surface area contributed by atoms with Crippen LogP contribution in [0.2, 0.25) is 0 Å². The summed E-state index contributed by atoms with van der Waals surface area (Å²) in [5, 5.41) is 2.52. The van der Waals surface area contributed by atoms with Crippen molar-refractivity contribution >= 4 is 11.6 Å². The van der Waals surface area contributed by atoms with Crippen molar-refractivity contribution in [3.63, 3.8) is 0 Å². The second kappa shape index (κ2) is 5.84. The Labute approximate surface area is 117 Å². The Hall–Kier alpha value is -2.20. The summed E-state index contributed by atoms with van der Waals surface area (Å²) in [6, 6.07) is 11.1. The van der Waals surface area contributed by atoms with Gasteiger partial charge in [0.2, 0.25) is 5.91 Å². The van der Waals surface area contributed by atoms with Gasteiger partial charge in [0.1, 0.15) is 11.9 Å². The molecule has 2 aromatic rings. The molecule has 2 rings (SSSR count). The number of carbonyl (C=O) groups excluding carboxylic acids is 1. The summed E-state index contributed by atoms with van der Waals surface area (Å²) in [7, 11) is 0. The van der Waals surface area contributed by atoms with Gasteiger partial charge in [0.15, 0.2) is 0 Å². The summed E-state index contributed by atoms with van der Waals surface area (Å²) in [5.41, 5.74) is 8.69. The molecule has 1 unspecified atom stereocenters. The zero-order valence-electron chi connectivity index (χ0n) is 11.5. The highest BCUT2D eigenvalue weighted by atomic mass is 19.1. The molecule has 0 fully saturated rings. The number of anilines is 1. The van der Waals surface area contributed by atoms with Crippen LogP contribution in [0.4, 0.5) is 10.1 Å². The molecule has 0 saturated carbocycles. The lowest BCUT2D eigenvalue weighted by Crippen LogP contribution is -2.28. The Kier molecular flexibility index (Phi) is 4.15. The van der Waals surface area contributed by atoms with Crippen molar-refractivity contribution in [3.8, 4) is 0 Å². The molecule has 3 nitrogen and oxygen atoms in total. The van der Waals surface area contributed by atoms with Gasteiger partial charge < -0.3 is 11.1 Å². The smallest absolute Gasteiger partial charge is 0.245 e. The van der Waals surface area contributed by atoms with Gasteiger partial charge >= 0.3 is 0 Å². The van der Waals surface area contributed by atoms with Gasteiger partial charge in [0.25, 0.3) is 0 Å². The monoisotopic (exact) mass is 272 g/mol. The highest BCUT2D eigenvalue weighted by Gasteiger charge is 2.17. The highest BCUT2D eigenvalue weighted by Crippen LogP contribution is 2.18. The van der Waals surface area contributed by atoms with E-state index in [1.165, 1.54) is 6.07 Å². The normalized spacial score (nSPS) is 12.0. The van der Waals surface area contributed by atoms with Crippen LogP contribution in [0.15, 0.2) is 42.5 Å². The molecule has 0 bridgehead atoms. The fraction of sp³-hybridized carbons (Fsp3) is 0.188. The average Bonchev–Trinajstić information content (AvgIpc) is 2.43. The van der Waals surface area contributed by atoms with Crippen molar-refractivity contribution in [3.05, 3.63) is 65.0 Å². The molecule has 1 atom stereocenters. The van der Waals surface area contributed by atoms with Gasteiger partial charge in [-0.25, -0.2) is 4.39 Å². The molecule has 0 aliphatic rings. The zero-order chi connectivity index (χ0) is 14.7. The minimum Gasteiger partial charge on any atom is -0.322 e. The summed E-state index contributed by atoms with van der Waals surface area (Å²) in [6.07, 6.45) is 0. The fourth-order valence-electron chi connectivity index (χ4n) is 1.87. The van der Waals surface area contributed by atoms with Gasteiger partial charge in [-0.15, -0.1) is 0 Å². The second-order valence-electron chi connectivity index (χ2n) is 4.86. The van der Waals surface area contributed by atoms with Gasteiger partial charge in [0.05, 0.1) is 5.69 Å².